The van der Waals surface area contributed by atoms with Crippen molar-refractivity contribution >= 4 is 5.91 Å². The zero-order valence-corrected chi connectivity index (χ0v) is 11.3. The van der Waals surface area contributed by atoms with E-state index in [1.807, 2.05) is 0 Å². The van der Waals surface area contributed by atoms with E-state index in [2.05, 4.69) is 54.9 Å². The summed E-state index contributed by atoms with van der Waals surface area (Å²) in [5, 5.41) is 2.76. The van der Waals surface area contributed by atoms with E-state index in [0.717, 1.165) is 25.2 Å². The zero-order valence-electron chi connectivity index (χ0n) is 11.3. The third kappa shape index (κ3) is 4.72. The van der Waals surface area contributed by atoms with Gasteiger partial charge >= 0.3 is 0 Å². The predicted octanol–water partition coefficient (Wildman–Crippen LogP) is 2.33. The maximum Gasteiger partial charge on any atom is 0.243 e. The smallest absolute Gasteiger partial charge is 0.243 e. The molecule has 1 rings (SSSR count). The minimum atomic E-state index is -0.137. The minimum Gasteiger partial charge on any atom is -0.348 e. The first-order chi connectivity index (χ1) is 8.69. The molecule has 1 N–H and O–H groups in total. The van der Waals surface area contributed by atoms with Crippen molar-refractivity contribution in [1.29, 1.82) is 0 Å². The molecule has 1 aromatic rings. The van der Waals surface area contributed by atoms with Crippen molar-refractivity contribution in [3.05, 3.63) is 48.0 Å². The van der Waals surface area contributed by atoms with Gasteiger partial charge in [0.15, 0.2) is 0 Å². The molecule has 0 aliphatic carbocycles. The molecule has 0 heterocycles. The Kier molecular flexibility index (Phi) is 6.15. The second kappa shape index (κ2) is 7.67. The zero-order chi connectivity index (χ0) is 13.4. The quantitative estimate of drug-likeness (QED) is 0.749. The lowest BCUT2D eigenvalue weighted by molar-refractivity contribution is -0.116. The van der Waals surface area contributed by atoms with E-state index in [1.54, 1.807) is 0 Å². The fourth-order valence-electron chi connectivity index (χ4n) is 1.73. The Hall–Kier alpha value is -1.61. The van der Waals surface area contributed by atoms with Gasteiger partial charge in [0.25, 0.3) is 0 Å². The molecule has 0 radical (unpaired) electrons. The van der Waals surface area contributed by atoms with E-state index < -0.39 is 0 Å². The topological polar surface area (TPSA) is 32.3 Å². The summed E-state index contributed by atoms with van der Waals surface area (Å²) in [6.45, 7) is 11.4. The Bertz CT molecular complexity index is 380. The van der Waals surface area contributed by atoms with E-state index in [1.165, 1.54) is 11.6 Å². The Labute approximate surface area is 109 Å². The Morgan fingerprint density at radius 2 is 1.78 bits per heavy atom. The van der Waals surface area contributed by atoms with Crippen LogP contribution in [0.1, 0.15) is 25.0 Å². The van der Waals surface area contributed by atoms with Crippen LogP contribution in [0.2, 0.25) is 0 Å². The van der Waals surface area contributed by atoms with Crippen LogP contribution >= 0.6 is 0 Å². The lowest BCUT2D eigenvalue weighted by Gasteiger charge is -2.18. The van der Waals surface area contributed by atoms with Crippen LogP contribution in [0.25, 0.3) is 0 Å². The molecule has 1 aromatic carbocycles. The van der Waals surface area contributed by atoms with E-state index in [-0.39, 0.29) is 5.91 Å². The molecule has 0 aromatic heterocycles. The van der Waals surface area contributed by atoms with E-state index in [9.17, 15) is 4.79 Å². The summed E-state index contributed by atoms with van der Waals surface area (Å²) in [4.78, 5) is 13.4. The van der Waals surface area contributed by atoms with Crippen LogP contribution < -0.4 is 5.32 Å². The molecule has 0 unspecified atom stereocenters. The molecule has 0 fully saturated rings. The summed E-state index contributed by atoms with van der Waals surface area (Å²) in [5.41, 5.74) is 2.41. The van der Waals surface area contributed by atoms with Gasteiger partial charge in [0.05, 0.1) is 0 Å². The summed E-state index contributed by atoms with van der Waals surface area (Å²) in [5.74, 6) is -0.137. The summed E-state index contributed by atoms with van der Waals surface area (Å²) in [7, 11) is 0. The number of rotatable bonds is 7. The van der Waals surface area contributed by atoms with Crippen LogP contribution in [0.3, 0.4) is 0 Å². The summed E-state index contributed by atoms with van der Waals surface area (Å²) in [6, 6.07) is 8.35. The highest BCUT2D eigenvalue weighted by molar-refractivity contribution is 5.86. The molecule has 0 atom stereocenters. The van der Waals surface area contributed by atoms with Crippen molar-refractivity contribution in [2.75, 3.05) is 13.1 Å². The first kappa shape index (κ1) is 14.5. The standard InChI is InChI=1S/C15H22N2O/c1-4-15(18)16-11-13-7-9-14(10-8-13)12-17(5-2)6-3/h4,7-10H,1,5-6,11-12H2,2-3H3,(H,16,18). The molecule has 0 spiro atoms. The average Bonchev–Trinajstić information content (AvgIpc) is 2.43. The number of amides is 1. The van der Waals surface area contributed by atoms with E-state index >= 15 is 0 Å². The van der Waals surface area contributed by atoms with Gasteiger partial charge in [0, 0.05) is 13.1 Å². The second-order valence-electron chi connectivity index (χ2n) is 4.20. The number of carbonyl (C=O) groups excluding carboxylic acids is 1. The summed E-state index contributed by atoms with van der Waals surface area (Å²) in [6.07, 6.45) is 1.29. The number of hydrogen-bond donors (Lipinski definition) is 1. The SMILES string of the molecule is C=CC(=O)NCc1ccc(CN(CC)CC)cc1. The maximum absolute atomic E-state index is 11.0. The molecule has 18 heavy (non-hydrogen) atoms. The highest BCUT2D eigenvalue weighted by Gasteiger charge is 2.01. The van der Waals surface area contributed by atoms with Crippen LogP contribution in [0, 0.1) is 0 Å². The number of nitrogens with one attached hydrogen (secondary N) is 1. The minimum absolute atomic E-state index is 0.137. The van der Waals surface area contributed by atoms with Gasteiger partial charge in [-0.3, -0.25) is 9.69 Å². The number of carbonyl (C=O) groups is 1. The van der Waals surface area contributed by atoms with Gasteiger partial charge in [-0.25, -0.2) is 0 Å². The van der Waals surface area contributed by atoms with Gasteiger partial charge in [0.2, 0.25) is 5.91 Å². The van der Waals surface area contributed by atoms with Gasteiger partial charge in [-0.15, -0.1) is 0 Å². The lowest BCUT2D eigenvalue weighted by atomic mass is 10.1. The fourth-order valence-corrected chi connectivity index (χ4v) is 1.73. The second-order valence-corrected chi connectivity index (χ2v) is 4.20. The highest BCUT2D eigenvalue weighted by Crippen LogP contribution is 2.07. The monoisotopic (exact) mass is 246 g/mol. The number of benzene rings is 1. The lowest BCUT2D eigenvalue weighted by Crippen LogP contribution is -2.22. The Morgan fingerprint density at radius 1 is 1.22 bits per heavy atom. The molecule has 1 amide bonds. The largest absolute Gasteiger partial charge is 0.348 e. The summed E-state index contributed by atoms with van der Waals surface area (Å²) >= 11 is 0. The van der Waals surface area contributed by atoms with Crippen molar-refractivity contribution in [2.45, 2.75) is 26.9 Å². The first-order valence-corrected chi connectivity index (χ1v) is 6.40. The van der Waals surface area contributed by atoms with Crippen LogP contribution in [0.5, 0.6) is 0 Å². The average molecular weight is 246 g/mol. The maximum atomic E-state index is 11.0. The van der Waals surface area contributed by atoms with Crippen molar-refractivity contribution in [3.63, 3.8) is 0 Å². The van der Waals surface area contributed by atoms with E-state index in [0.29, 0.717) is 6.54 Å². The molecule has 0 bridgehead atoms. The first-order valence-electron chi connectivity index (χ1n) is 6.40. The van der Waals surface area contributed by atoms with Crippen molar-refractivity contribution < 1.29 is 4.79 Å². The molecule has 0 saturated carbocycles. The van der Waals surface area contributed by atoms with Gasteiger partial charge in [-0.05, 0) is 30.3 Å². The van der Waals surface area contributed by atoms with Crippen molar-refractivity contribution in [3.8, 4) is 0 Å². The van der Waals surface area contributed by atoms with Crippen LogP contribution in [-0.4, -0.2) is 23.9 Å². The van der Waals surface area contributed by atoms with Crippen LogP contribution in [-0.2, 0) is 17.9 Å². The van der Waals surface area contributed by atoms with Crippen LogP contribution in [0.4, 0.5) is 0 Å². The molecular formula is C15H22N2O. The molecule has 3 heteroatoms. The van der Waals surface area contributed by atoms with E-state index in [4.69, 9.17) is 0 Å². The molecule has 0 aliphatic heterocycles. The Morgan fingerprint density at radius 3 is 2.28 bits per heavy atom. The Balaban J connectivity index is 2.51. The number of nitrogens with zero attached hydrogens (tertiary/aromatic N) is 1. The summed E-state index contributed by atoms with van der Waals surface area (Å²) < 4.78 is 0. The highest BCUT2D eigenvalue weighted by atomic mass is 16.1. The fraction of sp³-hybridized carbons (Fsp3) is 0.400. The van der Waals surface area contributed by atoms with Gasteiger partial charge in [0.1, 0.15) is 0 Å². The van der Waals surface area contributed by atoms with Gasteiger partial charge in [-0.1, -0.05) is 44.7 Å². The van der Waals surface area contributed by atoms with Crippen LogP contribution in [0.15, 0.2) is 36.9 Å². The van der Waals surface area contributed by atoms with Crippen molar-refractivity contribution in [2.24, 2.45) is 0 Å². The molecule has 3 nitrogen and oxygen atoms in total. The molecule has 98 valence electrons. The van der Waals surface area contributed by atoms with Gasteiger partial charge in [-0.2, -0.15) is 0 Å². The third-order valence-electron chi connectivity index (χ3n) is 2.98. The molecular weight excluding hydrogens is 224 g/mol. The normalized spacial score (nSPS) is 10.4. The third-order valence-corrected chi connectivity index (χ3v) is 2.98. The van der Waals surface area contributed by atoms with Gasteiger partial charge < -0.3 is 5.32 Å². The molecule has 0 saturated heterocycles. The van der Waals surface area contributed by atoms with Crippen molar-refractivity contribution in [1.82, 2.24) is 10.2 Å². The molecule has 0 aliphatic rings. The number of hydrogen-bond acceptors (Lipinski definition) is 2. The predicted molar refractivity (Wildman–Crippen MR) is 75.1 cm³/mol.